The molecule has 2 N–H and O–H groups in total. The van der Waals surface area contributed by atoms with E-state index in [0.29, 0.717) is 18.0 Å². The third kappa shape index (κ3) is 3.46. The van der Waals surface area contributed by atoms with Gasteiger partial charge in [0, 0.05) is 23.1 Å². The van der Waals surface area contributed by atoms with Crippen LogP contribution in [0.2, 0.25) is 0 Å². The van der Waals surface area contributed by atoms with Gasteiger partial charge in [-0.05, 0) is 37.6 Å². The lowest BCUT2D eigenvalue weighted by Gasteiger charge is -2.14. The van der Waals surface area contributed by atoms with Gasteiger partial charge in [0.15, 0.2) is 0 Å². The summed E-state index contributed by atoms with van der Waals surface area (Å²) in [5.74, 6) is 1.31. The Kier molecular flexibility index (Phi) is 4.60. The first-order valence-corrected chi connectivity index (χ1v) is 7.52. The molecule has 0 aromatic heterocycles. The summed E-state index contributed by atoms with van der Waals surface area (Å²) in [6.07, 6.45) is 0.984. The van der Waals surface area contributed by atoms with Gasteiger partial charge in [0.1, 0.15) is 5.75 Å². The van der Waals surface area contributed by atoms with Crippen molar-refractivity contribution in [2.45, 2.75) is 24.7 Å². The summed E-state index contributed by atoms with van der Waals surface area (Å²) in [4.78, 5) is 0. The van der Waals surface area contributed by atoms with Gasteiger partial charge in [-0.1, -0.05) is 0 Å². The summed E-state index contributed by atoms with van der Waals surface area (Å²) >= 11 is 0. The lowest BCUT2D eigenvalue weighted by atomic mass is 10.3. The Morgan fingerprint density at radius 1 is 1.44 bits per heavy atom. The van der Waals surface area contributed by atoms with Crippen LogP contribution in [0.4, 0.5) is 5.69 Å². The Labute approximate surface area is 110 Å². The number of rotatable bonds is 5. The van der Waals surface area contributed by atoms with Crippen LogP contribution in [0.1, 0.15) is 13.3 Å². The lowest BCUT2D eigenvalue weighted by Crippen LogP contribution is -2.26. The monoisotopic (exact) mass is 269 g/mol. The fourth-order valence-corrected chi connectivity index (χ4v) is 3.43. The van der Waals surface area contributed by atoms with Gasteiger partial charge in [0.2, 0.25) is 0 Å². The molecule has 3 unspecified atom stereocenters. The SMILES string of the molecule is CC1OCCC1S(=O)CCOc1ccc(N)cc1. The van der Waals surface area contributed by atoms with Crippen LogP contribution >= 0.6 is 0 Å². The number of ether oxygens (including phenoxy) is 2. The molecule has 0 saturated carbocycles. The lowest BCUT2D eigenvalue weighted by molar-refractivity contribution is 0.127. The highest BCUT2D eigenvalue weighted by Crippen LogP contribution is 2.19. The van der Waals surface area contributed by atoms with Gasteiger partial charge < -0.3 is 15.2 Å². The fraction of sp³-hybridized carbons (Fsp3) is 0.538. The molecule has 1 heterocycles. The van der Waals surface area contributed by atoms with Gasteiger partial charge in [0.05, 0.1) is 23.7 Å². The molecule has 4 nitrogen and oxygen atoms in total. The largest absolute Gasteiger partial charge is 0.493 e. The van der Waals surface area contributed by atoms with Gasteiger partial charge >= 0.3 is 0 Å². The summed E-state index contributed by atoms with van der Waals surface area (Å²) in [5.41, 5.74) is 6.29. The third-order valence-electron chi connectivity index (χ3n) is 3.08. The van der Waals surface area contributed by atoms with E-state index >= 15 is 0 Å². The number of anilines is 1. The van der Waals surface area contributed by atoms with Gasteiger partial charge in [-0.3, -0.25) is 4.21 Å². The van der Waals surface area contributed by atoms with E-state index in [9.17, 15) is 4.21 Å². The van der Waals surface area contributed by atoms with Crippen molar-refractivity contribution >= 4 is 16.5 Å². The van der Waals surface area contributed by atoms with Crippen molar-refractivity contribution in [3.63, 3.8) is 0 Å². The molecular formula is C13H19NO3S. The van der Waals surface area contributed by atoms with Crippen molar-refractivity contribution in [1.82, 2.24) is 0 Å². The molecule has 1 aromatic rings. The first-order chi connectivity index (χ1) is 8.66. The predicted octanol–water partition coefficient (Wildman–Crippen LogP) is 1.57. The van der Waals surface area contributed by atoms with Gasteiger partial charge in [-0.2, -0.15) is 0 Å². The predicted molar refractivity (Wildman–Crippen MR) is 73.2 cm³/mol. The molecule has 0 radical (unpaired) electrons. The van der Waals surface area contributed by atoms with E-state index in [1.165, 1.54) is 0 Å². The maximum atomic E-state index is 12.0. The minimum absolute atomic E-state index is 0.0994. The molecule has 2 rings (SSSR count). The van der Waals surface area contributed by atoms with Gasteiger partial charge in [-0.15, -0.1) is 0 Å². The van der Waals surface area contributed by atoms with Gasteiger partial charge in [-0.25, -0.2) is 0 Å². The van der Waals surface area contributed by atoms with Crippen molar-refractivity contribution in [2.75, 3.05) is 24.7 Å². The molecule has 0 aliphatic carbocycles. The van der Waals surface area contributed by atoms with E-state index in [4.69, 9.17) is 15.2 Å². The average Bonchev–Trinajstić information content (AvgIpc) is 2.78. The van der Waals surface area contributed by atoms with Crippen LogP contribution in [0.25, 0.3) is 0 Å². The van der Waals surface area contributed by atoms with Crippen LogP contribution in [-0.2, 0) is 15.5 Å². The Balaban J connectivity index is 1.75. The van der Waals surface area contributed by atoms with E-state index in [1.807, 2.05) is 19.1 Å². The van der Waals surface area contributed by atoms with Crippen molar-refractivity contribution in [3.05, 3.63) is 24.3 Å². The second-order valence-electron chi connectivity index (χ2n) is 4.41. The molecular weight excluding hydrogens is 250 g/mol. The molecule has 1 fully saturated rings. The molecule has 0 bridgehead atoms. The molecule has 0 amide bonds. The Bertz CT molecular complexity index is 407. The van der Waals surface area contributed by atoms with Gasteiger partial charge in [0.25, 0.3) is 0 Å². The summed E-state index contributed by atoms with van der Waals surface area (Å²) in [6.45, 7) is 3.16. The number of benzene rings is 1. The van der Waals surface area contributed by atoms with E-state index in [1.54, 1.807) is 12.1 Å². The molecule has 1 aromatic carbocycles. The average molecular weight is 269 g/mol. The van der Waals surface area contributed by atoms with E-state index < -0.39 is 10.8 Å². The number of hydrogen-bond acceptors (Lipinski definition) is 4. The second-order valence-corrected chi connectivity index (χ2v) is 6.18. The summed E-state index contributed by atoms with van der Waals surface area (Å²) in [6, 6.07) is 7.22. The maximum absolute atomic E-state index is 12.0. The first kappa shape index (κ1) is 13.4. The second kappa shape index (κ2) is 6.20. The summed E-state index contributed by atoms with van der Waals surface area (Å²) in [5, 5.41) is 0.153. The Morgan fingerprint density at radius 3 is 2.78 bits per heavy atom. The summed E-state index contributed by atoms with van der Waals surface area (Å²) < 4.78 is 23.0. The molecule has 1 aliphatic heterocycles. The summed E-state index contributed by atoms with van der Waals surface area (Å²) in [7, 11) is -0.878. The highest BCUT2D eigenvalue weighted by atomic mass is 32.2. The molecule has 0 spiro atoms. The molecule has 3 atom stereocenters. The zero-order valence-electron chi connectivity index (χ0n) is 10.5. The van der Waals surface area contributed by atoms with Crippen LogP contribution in [0.15, 0.2) is 24.3 Å². The highest BCUT2D eigenvalue weighted by molar-refractivity contribution is 7.85. The van der Waals surface area contributed by atoms with Crippen molar-refractivity contribution < 1.29 is 13.7 Å². The van der Waals surface area contributed by atoms with Crippen molar-refractivity contribution in [2.24, 2.45) is 0 Å². The Morgan fingerprint density at radius 2 is 2.17 bits per heavy atom. The quantitative estimate of drug-likeness (QED) is 0.824. The highest BCUT2D eigenvalue weighted by Gasteiger charge is 2.29. The Hall–Kier alpha value is -1.07. The number of nitrogens with two attached hydrogens (primary N) is 1. The third-order valence-corrected chi connectivity index (χ3v) is 4.94. The molecule has 5 heteroatoms. The van der Waals surface area contributed by atoms with E-state index in [0.717, 1.165) is 18.8 Å². The van der Waals surface area contributed by atoms with Crippen LogP contribution < -0.4 is 10.5 Å². The molecule has 18 heavy (non-hydrogen) atoms. The smallest absolute Gasteiger partial charge is 0.119 e. The number of nitrogen functional groups attached to an aromatic ring is 1. The van der Waals surface area contributed by atoms with Crippen molar-refractivity contribution in [3.8, 4) is 5.75 Å². The standard InChI is InChI=1S/C13H19NO3S/c1-10-13(6-7-16-10)18(15)9-8-17-12-4-2-11(14)3-5-12/h2-5,10,13H,6-9,14H2,1H3. The molecule has 1 saturated heterocycles. The van der Waals surface area contributed by atoms with Crippen LogP contribution in [-0.4, -0.2) is 34.5 Å². The van der Waals surface area contributed by atoms with Crippen LogP contribution in [0, 0.1) is 0 Å². The molecule has 1 aliphatic rings. The normalized spacial score (nSPS) is 24.9. The van der Waals surface area contributed by atoms with Crippen LogP contribution in [0.3, 0.4) is 0 Å². The topological polar surface area (TPSA) is 61.5 Å². The zero-order valence-corrected chi connectivity index (χ0v) is 11.3. The van der Waals surface area contributed by atoms with E-state index in [2.05, 4.69) is 0 Å². The fourth-order valence-electron chi connectivity index (χ4n) is 2.01. The van der Waals surface area contributed by atoms with E-state index in [-0.39, 0.29) is 11.4 Å². The van der Waals surface area contributed by atoms with Crippen molar-refractivity contribution in [1.29, 1.82) is 0 Å². The maximum Gasteiger partial charge on any atom is 0.119 e. The zero-order chi connectivity index (χ0) is 13.0. The first-order valence-electron chi connectivity index (χ1n) is 6.14. The molecule has 100 valence electrons. The minimum Gasteiger partial charge on any atom is -0.493 e. The minimum atomic E-state index is -0.878. The van der Waals surface area contributed by atoms with Crippen LogP contribution in [0.5, 0.6) is 5.75 Å². The number of hydrogen-bond donors (Lipinski definition) is 1.